The van der Waals surface area contributed by atoms with Gasteiger partial charge in [0.15, 0.2) is 0 Å². The van der Waals surface area contributed by atoms with Gasteiger partial charge in [-0.15, -0.1) is 0 Å². The van der Waals surface area contributed by atoms with Crippen LogP contribution in [0.1, 0.15) is 22.6 Å². The summed E-state index contributed by atoms with van der Waals surface area (Å²) in [7, 11) is -3.62. The smallest absolute Gasteiger partial charge is 0.599 e. The quantitative estimate of drug-likeness (QED) is 0.222. The van der Waals surface area contributed by atoms with Gasteiger partial charge in [0.05, 0.1) is 0 Å². The fourth-order valence-corrected chi connectivity index (χ4v) is 4.77. The molecule has 0 fully saturated rings. The Morgan fingerprint density at radius 1 is 1.00 bits per heavy atom. The molecule has 0 radical (unpaired) electrons. The second kappa shape index (κ2) is 11.2. The van der Waals surface area contributed by atoms with Crippen LogP contribution in [0.5, 0.6) is 0 Å². The van der Waals surface area contributed by atoms with Gasteiger partial charge in [0.1, 0.15) is 12.1 Å². The summed E-state index contributed by atoms with van der Waals surface area (Å²) in [4.78, 5) is 26.3. The van der Waals surface area contributed by atoms with Crippen molar-refractivity contribution in [2.75, 3.05) is 13.7 Å². The van der Waals surface area contributed by atoms with E-state index >= 15 is 0 Å². The third-order valence-corrected chi connectivity index (χ3v) is 7.03. The van der Waals surface area contributed by atoms with Gasteiger partial charge in [-0.3, -0.25) is 14.4 Å². The van der Waals surface area contributed by atoms with E-state index in [1.807, 2.05) is 48.5 Å². The van der Waals surface area contributed by atoms with Crippen molar-refractivity contribution < 1.29 is 47.5 Å². The molecule has 1 unspecified atom stereocenters. The second-order valence-corrected chi connectivity index (χ2v) is 9.53. The third kappa shape index (κ3) is 5.52. The maximum atomic E-state index is 12.6. The Morgan fingerprint density at radius 2 is 1.53 bits per heavy atom. The van der Waals surface area contributed by atoms with Crippen LogP contribution in [0.4, 0.5) is 0 Å². The van der Waals surface area contributed by atoms with Crippen LogP contribution in [-0.4, -0.2) is 36.3 Å². The molecule has 3 aromatic carbocycles. The predicted molar refractivity (Wildman–Crippen MR) is 123 cm³/mol. The zero-order valence-electron chi connectivity index (χ0n) is 19.0. The van der Waals surface area contributed by atoms with Crippen molar-refractivity contribution in [1.82, 2.24) is 0 Å². The largest absolute Gasteiger partial charge is 1.00 e. The predicted octanol–water partition coefficient (Wildman–Crippen LogP) is 0.505. The number of benzene rings is 3. The molecule has 0 saturated carbocycles. The number of carbonyl (C=O) groups is 1. The fourth-order valence-electron chi connectivity index (χ4n) is 4.06. The Labute approximate surface area is 210 Å². The van der Waals surface area contributed by atoms with Crippen LogP contribution < -0.4 is 24.0 Å². The molecule has 7 nitrogen and oxygen atoms in total. The number of aliphatic imine (C=N–C) groups is 1. The van der Waals surface area contributed by atoms with Gasteiger partial charge in [-0.1, -0.05) is 78.9 Å². The zero-order chi connectivity index (χ0) is 23.4. The first-order chi connectivity index (χ1) is 15.9. The number of hydrogen-bond donors (Lipinski definition) is 1. The molecule has 1 N–H and O–H groups in total. The summed E-state index contributed by atoms with van der Waals surface area (Å²) in [6.45, 7) is 0.0314. The van der Waals surface area contributed by atoms with Gasteiger partial charge in [0.2, 0.25) is 0 Å². The van der Waals surface area contributed by atoms with Gasteiger partial charge in [0, 0.05) is 26.1 Å². The molecule has 0 aliphatic heterocycles. The minimum absolute atomic E-state index is 0. The van der Waals surface area contributed by atoms with Crippen LogP contribution in [0.15, 0.2) is 83.9 Å². The maximum absolute atomic E-state index is 12.6. The Morgan fingerprint density at radius 3 is 2.09 bits per heavy atom. The molecule has 0 bridgehead atoms. The number of fused-ring (bicyclic) bond motifs is 3. The van der Waals surface area contributed by atoms with E-state index in [0.717, 1.165) is 29.4 Å². The van der Waals surface area contributed by atoms with E-state index in [0.29, 0.717) is 5.56 Å². The van der Waals surface area contributed by atoms with Crippen LogP contribution in [-0.2, 0) is 25.0 Å². The standard InChI is InChI=1S/C25H24NO6P.Li/c1-31-33(29,30)24(27)23(15-17-9-3-2-4-10-17)26-25(28)32-16-22-20-13-7-5-11-18(20)19-12-6-8-14-21(19)22;/h2-14,22-23H,15-16H2,1H3,(H,26,28)(H,29,30);/q;+1/p-1/t23-;/m0./s1. The summed E-state index contributed by atoms with van der Waals surface area (Å²) < 4.78 is 22.0. The Kier molecular flexibility index (Phi) is 8.54. The molecule has 1 aliphatic carbocycles. The Bertz CT molecular complexity index is 1190. The van der Waals surface area contributed by atoms with E-state index in [2.05, 4.69) is 9.52 Å². The van der Waals surface area contributed by atoms with E-state index < -0.39 is 25.2 Å². The van der Waals surface area contributed by atoms with Crippen LogP contribution in [0.3, 0.4) is 0 Å². The van der Waals surface area contributed by atoms with E-state index in [1.165, 1.54) is 0 Å². The van der Waals surface area contributed by atoms with Crippen molar-refractivity contribution in [3.8, 4) is 11.1 Å². The SMILES string of the molecule is COP(=O)(O)C(=O)[C@H](Cc1ccccc1)N=C([O-])OCC1c2ccccc2-c2ccccc21.[Li+]. The Hall–Kier alpha value is -2.65. The average Bonchev–Trinajstić information content (AvgIpc) is 3.16. The summed E-state index contributed by atoms with van der Waals surface area (Å²) >= 11 is 0. The van der Waals surface area contributed by atoms with Crippen molar-refractivity contribution in [3.05, 3.63) is 95.6 Å². The summed E-state index contributed by atoms with van der Waals surface area (Å²) in [5.74, 6) is -0.164. The normalized spacial score (nSPS) is 15.4. The summed E-state index contributed by atoms with van der Waals surface area (Å²) in [5, 5.41) is 12.6. The van der Waals surface area contributed by atoms with E-state index in [9.17, 15) is 19.4 Å². The summed E-state index contributed by atoms with van der Waals surface area (Å²) in [5.41, 5.74) is 3.80. The molecule has 0 aromatic heterocycles. The van der Waals surface area contributed by atoms with Gasteiger partial charge in [-0.25, -0.2) is 0 Å². The molecule has 4 rings (SSSR count). The number of ether oxygens (including phenoxy) is 1. The maximum Gasteiger partial charge on any atom is 1.00 e. The molecule has 2 atom stereocenters. The van der Waals surface area contributed by atoms with Crippen molar-refractivity contribution in [1.29, 1.82) is 0 Å². The molecule has 1 aliphatic rings. The van der Waals surface area contributed by atoms with E-state index in [-0.39, 0.29) is 37.8 Å². The van der Waals surface area contributed by atoms with Gasteiger partial charge < -0.3 is 19.3 Å². The van der Waals surface area contributed by atoms with E-state index in [1.54, 1.807) is 30.3 Å². The first-order valence-electron chi connectivity index (χ1n) is 10.4. The number of hydrogen-bond acceptors (Lipinski definition) is 6. The Balaban J connectivity index is 0.00000324. The molecular weight excluding hydrogens is 448 g/mol. The van der Waals surface area contributed by atoms with Gasteiger partial charge in [-0.2, -0.15) is 0 Å². The summed E-state index contributed by atoms with van der Waals surface area (Å²) in [6.07, 6.45) is -1.00. The molecule has 0 heterocycles. The fraction of sp³-hybridized carbons (Fsp3) is 0.200. The molecule has 0 saturated heterocycles. The van der Waals surface area contributed by atoms with Crippen molar-refractivity contribution in [3.63, 3.8) is 0 Å². The van der Waals surface area contributed by atoms with Gasteiger partial charge in [-0.05, 0) is 27.8 Å². The third-order valence-electron chi connectivity index (χ3n) is 5.68. The van der Waals surface area contributed by atoms with Crippen molar-refractivity contribution in [2.45, 2.75) is 18.4 Å². The molecule has 34 heavy (non-hydrogen) atoms. The molecule has 9 heteroatoms. The molecule has 0 amide bonds. The van der Waals surface area contributed by atoms with Gasteiger partial charge in [0.25, 0.3) is 5.52 Å². The number of nitrogens with zero attached hydrogens (tertiary/aromatic N) is 1. The first kappa shape index (κ1) is 26.0. The number of carbonyl (C=O) groups excluding carboxylic acids is 1. The van der Waals surface area contributed by atoms with Crippen LogP contribution in [0, 0.1) is 0 Å². The minimum Gasteiger partial charge on any atom is -0.599 e. The van der Waals surface area contributed by atoms with E-state index in [4.69, 9.17) is 4.74 Å². The summed E-state index contributed by atoms with van der Waals surface area (Å²) in [6, 6.07) is 23.2. The van der Waals surface area contributed by atoms with Crippen molar-refractivity contribution in [2.24, 2.45) is 4.99 Å². The second-order valence-electron chi connectivity index (χ2n) is 7.68. The van der Waals surface area contributed by atoms with Gasteiger partial charge >= 0.3 is 26.5 Å². The molecule has 170 valence electrons. The van der Waals surface area contributed by atoms with Crippen molar-refractivity contribution >= 4 is 19.2 Å². The zero-order valence-corrected chi connectivity index (χ0v) is 19.9. The van der Waals surface area contributed by atoms with Crippen LogP contribution in [0.2, 0.25) is 0 Å². The number of rotatable bonds is 8. The monoisotopic (exact) mass is 471 g/mol. The molecule has 3 aromatic rings. The van der Waals surface area contributed by atoms with Crippen LogP contribution >= 0.6 is 7.60 Å². The first-order valence-corrected chi connectivity index (χ1v) is 12.0. The average molecular weight is 471 g/mol. The minimum atomic E-state index is -4.58. The molecular formula is C25H23LiNO6P. The van der Waals surface area contributed by atoms with Crippen LogP contribution in [0.25, 0.3) is 11.1 Å². The molecule has 0 spiro atoms. The topological polar surface area (TPSA) is 108 Å².